The van der Waals surface area contributed by atoms with Crippen molar-refractivity contribution in [3.8, 4) is 0 Å². The van der Waals surface area contributed by atoms with Gasteiger partial charge in [-0.05, 0) is 79.8 Å². The molecule has 2 aliphatic heterocycles. The van der Waals surface area contributed by atoms with Crippen LogP contribution < -0.4 is 21.1 Å². The van der Waals surface area contributed by atoms with Gasteiger partial charge in [0.1, 0.15) is 5.82 Å². The van der Waals surface area contributed by atoms with E-state index < -0.39 is 0 Å². The fourth-order valence-electron chi connectivity index (χ4n) is 5.42. The van der Waals surface area contributed by atoms with E-state index in [1.165, 1.54) is 12.1 Å². The Bertz CT molecular complexity index is 1550. The van der Waals surface area contributed by atoms with Crippen LogP contribution in [0.2, 0.25) is 0 Å². The topological polar surface area (TPSA) is 118 Å². The highest BCUT2D eigenvalue weighted by Gasteiger charge is 2.42. The zero-order chi connectivity index (χ0) is 28.5. The number of halogens is 1. The number of carbonyl (C=O) groups is 2. The summed E-state index contributed by atoms with van der Waals surface area (Å²) in [6.45, 7) is 2.39. The van der Waals surface area contributed by atoms with Gasteiger partial charge in [-0.3, -0.25) is 14.6 Å². The number of nitrogens with zero attached hydrogens (tertiary/aromatic N) is 4. The van der Waals surface area contributed by atoms with E-state index in [0.717, 1.165) is 41.0 Å². The van der Waals surface area contributed by atoms with Gasteiger partial charge in [0, 0.05) is 30.5 Å². The Balaban J connectivity index is 0.000000449. The van der Waals surface area contributed by atoms with Crippen molar-refractivity contribution in [2.24, 2.45) is 17.6 Å². The first-order valence-electron chi connectivity index (χ1n) is 13.8. The predicted octanol–water partition coefficient (Wildman–Crippen LogP) is 4.89. The molecule has 1 saturated heterocycles. The SMILES string of the molecule is Cc1noc(CC2CC(c3ccccc3)N(c3ccc4c(c3)CNN4c3ccc(F)cc3)C2=O)n1.NC(=O)C1CC1. The summed E-state index contributed by atoms with van der Waals surface area (Å²) in [6, 6.07) is 22.5. The van der Waals surface area contributed by atoms with Gasteiger partial charge in [-0.25, -0.2) is 9.82 Å². The number of rotatable bonds is 6. The van der Waals surface area contributed by atoms with Crippen molar-refractivity contribution in [3.63, 3.8) is 0 Å². The lowest BCUT2D eigenvalue weighted by Gasteiger charge is -2.26. The Morgan fingerprint density at radius 1 is 1.07 bits per heavy atom. The minimum absolute atomic E-state index is 0.0519. The van der Waals surface area contributed by atoms with Crippen LogP contribution in [0, 0.1) is 24.6 Å². The standard InChI is InChI=1S/C27H24FN5O2.C4H7NO/c1-17-30-26(35-31-17)15-19-14-25(18-5-3-2-4-6-18)32(27(19)34)23-11-12-24-20(13-23)16-29-33(24)22-9-7-21(28)8-10-22;5-4(6)3-1-2-3/h2-13,19,25,29H,14-16H2,1H3;3H,1-2H2,(H2,5,6). The molecule has 3 N–H and O–H groups in total. The summed E-state index contributed by atoms with van der Waals surface area (Å²) in [5.74, 6) is 0.702. The lowest BCUT2D eigenvalue weighted by atomic mass is 9.97. The van der Waals surface area contributed by atoms with Crippen LogP contribution >= 0.6 is 0 Å². The third-order valence-corrected chi connectivity index (χ3v) is 7.66. The Morgan fingerprint density at radius 3 is 2.44 bits per heavy atom. The predicted molar refractivity (Wildman–Crippen MR) is 151 cm³/mol. The molecule has 2 unspecified atom stereocenters. The number of benzene rings is 3. The largest absolute Gasteiger partial charge is 0.369 e. The van der Waals surface area contributed by atoms with Crippen LogP contribution in [0.5, 0.6) is 0 Å². The van der Waals surface area contributed by atoms with Gasteiger partial charge in [0.05, 0.1) is 17.4 Å². The number of primary amides is 1. The first-order valence-corrected chi connectivity index (χ1v) is 13.8. The fraction of sp³-hybridized carbons (Fsp3) is 0.290. The molecule has 10 heteroatoms. The molecular formula is C31H31FN6O3. The van der Waals surface area contributed by atoms with Crippen molar-refractivity contribution < 1.29 is 18.5 Å². The third-order valence-electron chi connectivity index (χ3n) is 7.66. The van der Waals surface area contributed by atoms with E-state index in [4.69, 9.17) is 10.3 Å². The van der Waals surface area contributed by atoms with Crippen LogP contribution in [0.3, 0.4) is 0 Å². The van der Waals surface area contributed by atoms with Gasteiger partial charge in [-0.1, -0.05) is 35.5 Å². The molecule has 9 nitrogen and oxygen atoms in total. The number of anilines is 3. The first kappa shape index (κ1) is 26.6. The molecule has 0 spiro atoms. The average molecular weight is 555 g/mol. The van der Waals surface area contributed by atoms with Crippen LogP contribution in [0.15, 0.2) is 77.3 Å². The normalized spacial score (nSPS) is 19.6. The van der Waals surface area contributed by atoms with Crippen LogP contribution in [-0.4, -0.2) is 22.0 Å². The maximum Gasteiger partial charge on any atom is 0.231 e. The maximum absolute atomic E-state index is 13.7. The summed E-state index contributed by atoms with van der Waals surface area (Å²) in [6.07, 6.45) is 3.14. The van der Waals surface area contributed by atoms with Gasteiger partial charge in [0.2, 0.25) is 17.7 Å². The van der Waals surface area contributed by atoms with Crippen molar-refractivity contribution in [2.75, 3.05) is 9.91 Å². The zero-order valence-corrected chi connectivity index (χ0v) is 22.7. The minimum atomic E-state index is -0.270. The molecule has 1 saturated carbocycles. The van der Waals surface area contributed by atoms with Gasteiger partial charge in [-0.2, -0.15) is 4.98 Å². The van der Waals surface area contributed by atoms with Gasteiger partial charge in [0.25, 0.3) is 0 Å². The van der Waals surface area contributed by atoms with Crippen molar-refractivity contribution in [1.82, 2.24) is 15.6 Å². The Morgan fingerprint density at radius 2 is 1.80 bits per heavy atom. The van der Waals surface area contributed by atoms with E-state index in [9.17, 15) is 14.0 Å². The number of carbonyl (C=O) groups excluding carboxylic acids is 2. The summed E-state index contributed by atoms with van der Waals surface area (Å²) < 4.78 is 18.7. The molecule has 210 valence electrons. The van der Waals surface area contributed by atoms with E-state index in [0.29, 0.717) is 31.1 Å². The summed E-state index contributed by atoms with van der Waals surface area (Å²) in [4.78, 5) is 29.9. The molecule has 2 amide bonds. The van der Waals surface area contributed by atoms with Crippen molar-refractivity contribution in [3.05, 3.63) is 101 Å². The summed E-state index contributed by atoms with van der Waals surface area (Å²) in [5, 5.41) is 5.82. The molecular weight excluding hydrogens is 523 g/mol. The summed E-state index contributed by atoms with van der Waals surface area (Å²) in [7, 11) is 0. The molecule has 2 fully saturated rings. The highest BCUT2D eigenvalue weighted by atomic mass is 19.1. The Kier molecular flexibility index (Phi) is 7.23. The number of fused-ring (bicyclic) bond motifs is 1. The fourth-order valence-corrected chi connectivity index (χ4v) is 5.42. The second-order valence-electron chi connectivity index (χ2n) is 10.6. The number of hydrazine groups is 1. The number of aryl methyl sites for hydroxylation is 1. The number of amides is 2. The second kappa shape index (κ2) is 11.1. The molecule has 4 aromatic rings. The van der Waals surface area contributed by atoms with Crippen molar-refractivity contribution >= 4 is 28.9 Å². The number of hydrogen-bond acceptors (Lipinski definition) is 7. The van der Waals surface area contributed by atoms with Crippen LogP contribution in [0.4, 0.5) is 21.5 Å². The minimum Gasteiger partial charge on any atom is -0.369 e. The number of nitrogens with two attached hydrogens (primary N) is 1. The summed E-state index contributed by atoms with van der Waals surface area (Å²) >= 11 is 0. The molecule has 0 bridgehead atoms. The van der Waals surface area contributed by atoms with Crippen molar-refractivity contribution in [1.29, 1.82) is 0 Å². The van der Waals surface area contributed by atoms with E-state index >= 15 is 0 Å². The third kappa shape index (κ3) is 5.69. The highest BCUT2D eigenvalue weighted by molar-refractivity contribution is 5.98. The van der Waals surface area contributed by atoms with Crippen LogP contribution in [0.25, 0.3) is 0 Å². The van der Waals surface area contributed by atoms with Gasteiger partial charge in [0.15, 0.2) is 5.82 Å². The molecule has 2 atom stereocenters. The van der Waals surface area contributed by atoms with Crippen molar-refractivity contribution in [2.45, 2.75) is 45.2 Å². The van der Waals surface area contributed by atoms with Gasteiger partial charge >= 0.3 is 0 Å². The molecule has 3 aliphatic rings. The Hall–Kier alpha value is -4.57. The van der Waals surface area contributed by atoms with E-state index in [1.54, 1.807) is 19.1 Å². The smallest absolute Gasteiger partial charge is 0.231 e. The van der Waals surface area contributed by atoms with Crippen LogP contribution in [0.1, 0.15) is 48.1 Å². The van der Waals surface area contributed by atoms with E-state index in [1.807, 2.05) is 40.2 Å². The first-order chi connectivity index (χ1) is 19.9. The second-order valence-corrected chi connectivity index (χ2v) is 10.6. The Labute approximate surface area is 237 Å². The molecule has 7 rings (SSSR count). The molecule has 1 aliphatic carbocycles. The number of aromatic nitrogens is 2. The lowest BCUT2D eigenvalue weighted by molar-refractivity contribution is -0.120. The molecule has 3 heterocycles. The van der Waals surface area contributed by atoms with E-state index in [-0.39, 0.29) is 35.5 Å². The zero-order valence-electron chi connectivity index (χ0n) is 22.7. The average Bonchev–Trinajstić information content (AvgIpc) is 3.52. The quantitative estimate of drug-likeness (QED) is 0.348. The highest BCUT2D eigenvalue weighted by Crippen LogP contribution is 2.43. The molecule has 0 radical (unpaired) electrons. The molecule has 41 heavy (non-hydrogen) atoms. The van der Waals surface area contributed by atoms with E-state index in [2.05, 4.69) is 33.8 Å². The summed E-state index contributed by atoms with van der Waals surface area (Å²) in [5.41, 5.74) is 13.1. The van der Waals surface area contributed by atoms with Gasteiger partial charge in [-0.15, -0.1) is 0 Å². The van der Waals surface area contributed by atoms with Gasteiger partial charge < -0.3 is 15.2 Å². The monoisotopic (exact) mass is 554 g/mol. The number of hydrogen-bond donors (Lipinski definition) is 2. The number of nitrogens with one attached hydrogen (secondary N) is 1. The molecule has 3 aromatic carbocycles. The maximum atomic E-state index is 13.7. The lowest BCUT2D eigenvalue weighted by Crippen LogP contribution is -2.30. The van der Waals surface area contributed by atoms with Crippen LogP contribution in [-0.2, 0) is 22.6 Å². The molecule has 1 aromatic heterocycles.